The highest BCUT2D eigenvalue weighted by atomic mass is 16.3. The van der Waals surface area contributed by atoms with Gasteiger partial charge in [0.25, 0.3) is 0 Å². The predicted molar refractivity (Wildman–Crippen MR) is 67.8 cm³/mol. The molecule has 0 aromatic carbocycles. The maximum atomic E-state index is 10.2. The predicted octanol–water partition coefficient (Wildman–Crippen LogP) is 1.40. The lowest BCUT2D eigenvalue weighted by molar-refractivity contribution is 0.0681. The van der Waals surface area contributed by atoms with Gasteiger partial charge < -0.3 is 15.4 Å². The number of piperidine rings is 1. The number of aromatic nitrogens is 2. The van der Waals surface area contributed by atoms with Gasteiger partial charge in [-0.05, 0) is 32.2 Å². The van der Waals surface area contributed by atoms with Crippen molar-refractivity contribution in [2.45, 2.75) is 51.7 Å². The van der Waals surface area contributed by atoms with Crippen LogP contribution in [0.2, 0.25) is 0 Å². The summed E-state index contributed by atoms with van der Waals surface area (Å²) in [5.74, 6) is 0.631. The van der Waals surface area contributed by atoms with Crippen molar-refractivity contribution in [1.82, 2.24) is 15.3 Å². The van der Waals surface area contributed by atoms with E-state index in [9.17, 15) is 5.11 Å². The molecule has 0 radical (unpaired) electrons. The molecule has 2 rings (SSSR count). The van der Waals surface area contributed by atoms with E-state index in [-0.39, 0.29) is 12.1 Å². The summed E-state index contributed by atoms with van der Waals surface area (Å²) in [6.45, 7) is 5.25. The topological polar surface area (TPSA) is 60.9 Å². The van der Waals surface area contributed by atoms with Gasteiger partial charge in [0.1, 0.15) is 0 Å². The summed E-state index contributed by atoms with van der Waals surface area (Å²) in [5, 5.41) is 13.6. The van der Waals surface area contributed by atoms with E-state index in [4.69, 9.17) is 0 Å². The van der Waals surface area contributed by atoms with Crippen molar-refractivity contribution >= 4 is 0 Å². The molecule has 4 nitrogen and oxygen atoms in total. The SMILES string of the molecule is CCCC1CNC(Cc2nc[nH]c2C)C(O)C1. The van der Waals surface area contributed by atoms with E-state index < -0.39 is 0 Å². The number of imidazole rings is 1. The number of rotatable bonds is 4. The van der Waals surface area contributed by atoms with E-state index >= 15 is 0 Å². The number of nitrogens with zero attached hydrogens (tertiary/aromatic N) is 1. The molecule has 0 amide bonds. The Balaban J connectivity index is 1.89. The second-order valence-corrected chi connectivity index (χ2v) is 5.15. The summed E-state index contributed by atoms with van der Waals surface area (Å²) < 4.78 is 0. The number of hydrogen-bond donors (Lipinski definition) is 3. The van der Waals surface area contributed by atoms with Crippen LogP contribution in [0.15, 0.2) is 6.33 Å². The van der Waals surface area contributed by atoms with Gasteiger partial charge in [0, 0.05) is 18.2 Å². The quantitative estimate of drug-likeness (QED) is 0.742. The van der Waals surface area contributed by atoms with Crippen molar-refractivity contribution in [1.29, 1.82) is 0 Å². The molecular formula is C13H23N3O. The van der Waals surface area contributed by atoms with E-state index in [2.05, 4.69) is 22.2 Å². The lowest BCUT2D eigenvalue weighted by atomic mass is 9.87. The molecule has 96 valence electrons. The van der Waals surface area contributed by atoms with Gasteiger partial charge in [-0.1, -0.05) is 13.3 Å². The highest BCUT2D eigenvalue weighted by Gasteiger charge is 2.28. The van der Waals surface area contributed by atoms with Gasteiger partial charge in [0.15, 0.2) is 0 Å². The molecule has 3 unspecified atom stereocenters. The van der Waals surface area contributed by atoms with Gasteiger partial charge >= 0.3 is 0 Å². The van der Waals surface area contributed by atoms with Crippen molar-refractivity contribution in [2.24, 2.45) is 5.92 Å². The summed E-state index contributed by atoms with van der Waals surface area (Å²) in [6, 6.07) is 0.158. The summed E-state index contributed by atoms with van der Waals surface area (Å²) in [5.41, 5.74) is 2.17. The summed E-state index contributed by atoms with van der Waals surface area (Å²) in [4.78, 5) is 7.37. The van der Waals surface area contributed by atoms with E-state index in [1.54, 1.807) is 6.33 Å². The third-order valence-electron chi connectivity index (χ3n) is 3.75. The molecule has 4 heteroatoms. The second-order valence-electron chi connectivity index (χ2n) is 5.15. The number of hydrogen-bond acceptors (Lipinski definition) is 3. The molecule has 0 aliphatic carbocycles. The van der Waals surface area contributed by atoms with Gasteiger partial charge in [0.2, 0.25) is 0 Å². The van der Waals surface area contributed by atoms with Crippen molar-refractivity contribution in [3.05, 3.63) is 17.7 Å². The highest BCUT2D eigenvalue weighted by Crippen LogP contribution is 2.21. The molecule has 1 saturated heterocycles. The van der Waals surface area contributed by atoms with E-state index in [1.807, 2.05) is 6.92 Å². The first-order valence-electron chi connectivity index (χ1n) is 6.61. The molecule has 1 aliphatic rings. The Labute approximate surface area is 103 Å². The standard InChI is InChI=1S/C13H23N3O/c1-3-4-10-5-13(17)12(14-7-10)6-11-9(2)15-8-16-11/h8,10,12-14,17H,3-7H2,1-2H3,(H,15,16). The summed E-state index contributed by atoms with van der Waals surface area (Å²) in [6.07, 6.45) is 5.63. The van der Waals surface area contributed by atoms with E-state index in [0.717, 1.165) is 30.8 Å². The minimum atomic E-state index is -0.239. The van der Waals surface area contributed by atoms with Crippen LogP contribution in [0.1, 0.15) is 37.6 Å². The van der Waals surface area contributed by atoms with Crippen LogP contribution in [0.3, 0.4) is 0 Å². The normalized spacial score (nSPS) is 29.5. The molecule has 0 spiro atoms. The third-order valence-corrected chi connectivity index (χ3v) is 3.75. The Morgan fingerprint density at radius 2 is 2.35 bits per heavy atom. The first kappa shape index (κ1) is 12.6. The van der Waals surface area contributed by atoms with Crippen LogP contribution in [0.25, 0.3) is 0 Å². The molecule has 0 saturated carbocycles. The van der Waals surface area contributed by atoms with Crippen LogP contribution in [-0.4, -0.2) is 33.8 Å². The van der Waals surface area contributed by atoms with Crippen molar-refractivity contribution in [3.8, 4) is 0 Å². The van der Waals surface area contributed by atoms with Crippen LogP contribution in [-0.2, 0) is 6.42 Å². The molecule has 0 bridgehead atoms. The number of aliphatic hydroxyl groups is 1. The molecule has 3 atom stereocenters. The largest absolute Gasteiger partial charge is 0.391 e. The van der Waals surface area contributed by atoms with Crippen molar-refractivity contribution in [3.63, 3.8) is 0 Å². The third kappa shape index (κ3) is 3.07. The van der Waals surface area contributed by atoms with Crippen LogP contribution in [0.5, 0.6) is 0 Å². The van der Waals surface area contributed by atoms with Gasteiger partial charge in [-0.2, -0.15) is 0 Å². The van der Waals surface area contributed by atoms with Gasteiger partial charge in [-0.25, -0.2) is 4.98 Å². The first-order valence-corrected chi connectivity index (χ1v) is 6.61. The van der Waals surface area contributed by atoms with E-state index in [0.29, 0.717) is 5.92 Å². The summed E-state index contributed by atoms with van der Waals surface area (Å²) >= 11 is 0. The second kappa shape index (κ2) is 5.65. The van der Waals surface area contributed by atoms with Crippen LogP contribution >= 0.6 is 0 Å². The number of H-pyrrole nitrogens is 1. The van der Waals surface area contributed by atoms with E-state index in [1.165, 1.54) is 12.8 Å². The zero-order chi connectivity index (χ0) is 12.3. The number of nitrogens with one attached hydrogen (secondary N) is 2. The molecule has 17 heavy (non-hydrogen) atoms. The van der Waals surface area contributed by atoms with Gasteiger partial charge in [0.05, 0.1) is 18.1 Å². The molecule has 1 aromatic heterocycles. The smallest absolute Gasteiger partial charge is 0.0925 e. The number of aromatic amines is 1. The van der Waals surface area contributed by atoms with Crippen molar-refractivity contribution in [2.75, 3.05) is 6.54 Å². The Hall–Kier alpha value is -0.870. The minimum absolute atomic E-state index is 0.158. The molecule has 1 aliphatic heterocycles. The summed E-state index contributed by atoms with van der Waals surface area (Å²) in [7, 11) is 0. The van der Waals surface area contributed by atoms with Crippen LogP contribution in [0, 0.1) is 12.8 Å². The lowest BCUT2D eigenvalue weighted by Crippen LogP contribution is -2.49. The molecule has 1 aromatic rings. The van der Waals surface area contributed by atoms with Gasteiger partial charge in [-0.15, -0.1) is 0 Å². The average molecular weight is 237 g/mol. The maximum absolute atomic E-state index is 10.2. The fourth-order valence-corrected chi connectivity index (χ4v) is 2.68. The Morgan fingerprint density at radius 3 is 2.94 bits per heavy atom. The zero-order valence-corrected chi connectivity index (χ0v) is 10.7. The minimum Gasteiger partial charge on any atom is -0.391 e. The van der Waals surface area contributed by atoms with Crippen molar-refractivity contribution < 1.29 is 5.11 Å². The molecule has 3 N–H and O–H groups in total. The Morgan fingerprint density at radius 1 is 1.53 bits per heavy atom. The first-order chi connectivity index (χ1) is 8.20. The monoisotopic (exact) mass is 237 g/mol. The Bertz CT molecular complexity index is 350. The highest BCUT2D eigenvalue weighted by molar-refractivity contribution is 5.11. The molecular weight excluding hydrogens is 214 g/mol. The van der Waals surface area contributed by atoms with Crippen LogP contribution in [0.4, 0.5) is 0 Å². The number of aryl methyl sites for hydroxylation is 1. The lowest BCUT2D eigenvalue weighted by Gasteiger charge is -2.34. The van der Waals surface area contributed by atoms with Crippen LogP contribution < -0.4 is 5.32 Å². The number of aliphatic hydroxyl groups excluding tert-OH is 1. The zero-order valence-electron chi connectivity index (χ0n) is 10.7. The average Bonchev–Trinajstić information content (AvgIpc) is 2.69. The fourth-order valence-electron chi connectivity index (χ4n) is 2.68. The van der Waals surface area contributed by atoms with Gasteiger partial charge in [-0.3, -0.25) is 0 Å². The Kier molecular flexibility index (Phi) is 4.18. The maximum Gasteiger partial charge on any atom is 0.0925 e. The fraction of sp³-hybridized carbons (Fsp3) is 0.769. The molecule has 2 heterocycles. The molecule has 1 fully saturated rings.